The highest BCUT2D eigenvalue weighted by molar-refractivity contribution is 6.32. The van der Waals surface area contributed by atoms with E-state index in [0.29, 0.717) is 23.8 Å². The molecule has 1 amide bonds. The van der Waals surface area contributed by atoms with Crippen LogP contribution in [0.3, 0.4) is 0 Å². The summed E-state index contributed by atoms with van der Waals surface area (Å²) in [6.45, 7) is 1.02. The molecule has 140 valence electrons. The van der Waals surface area contributed by atoms with E-state index < -0.39 is 0 Å². The summed E-state index contributed by atoms with van der Waals surface area (Å²) in [5.41, 5.74) is 3.00. The van der Waals surface area contributed by atoms with Crippen molar-refractivity contribution in [3.05, 3.63) is 95.0 Å². The van der Waals surface area contributed by atoms with Gasteiger partial charge < -0.3 is 5.32 Å². The van der Waals surface area contributed by atoms with Gasteiger partial charge in [-0.2, -0.15) is 5.10 Å². The van der Waals surface area contributed by atoms with Crippen LogP contribution in [0.5, 0.6) is 0 Å². The smallest absolute Gasteiger partial charge is 0.273 e. The minimum atomic E-state index is -0.299. The molecule has 0 bridgehead atoms. The summed E-state index contributed by atoms with van der Waals surface area (Å²) in [5, 5.41) is 15.6. The molecule has 0 aliphatic heterocycles. The number of para-hydroxylation sites is 1. The zero-order valence-corrected chi connectivity index (χ0v) is 15.6. The van der Waals surface area contributed by atoms with Crippen LogP contribution in [0.1, 0.15) is 21.6 Å². The van der Waals surface area contributed by atoms with Gasteiger partial charge in [-0.1, -0.05) is 53.2 Å². The zero-order chi connectivity index (χ0) is 19.3. The summed E-state index contributed by atoms with van der Waals surface area (Å²) in [5.74, 6) is -0.299. The van der Waals surface area contributed by atoms with Crippen LogP contribution in [0.15, 0.2) is 73.2 Å². The molecule has 2 aromatic heterocycles. The number of nitrogens with zero attached hydrogens (tertiary/aromatic N) is 5. The van der Waals surface area contributed by atoms with Crippen LogP contribution in [-0.2, 0) is 13.1 Å². The van der Waals surface area contributed by atoms with Crippen molar-refractivity contribution in [2.45, 2.75) is 13.1 Å². The Balaban J connectivity index is 1.45. The number of carbonyl (C=O) groups excluding carboxylic acids is 1. The van der Waals surface area contributed by atoms with E-state index in [-0.39, 0.29) is 11.6 Å². The molecule has 0 radical (unpaired) electrons. The molecule has 0 atom stereocenters. The van der Waals surface area contributed by atoms with E-state index in [0.717, 1.165) is 11.1 Å². The first-order valence-corrected chi connectivity index (χ1v) is 9.08. The number of hydrogen-bond acceptors (Lipinski definition) is 4. The van der Waals surface area contributed by atoms with Gasteiger partial charge in [-0.05, 0) is 29.3 Å². The van der Waals surface area contributed by atoms with Crippen LogP contribution in [0.2, 0.25) is 5.02 Å². The third-order valence-corrected chi connectivity index (χ3v) is 4.59. The lowest BCUT2D eigenvalue weighted by molar-refractivity contribution is 0.0945. The van der Waals surface area contributed by atoms with Crippen molar-refractivity contribution in [1.29, 1.82) is 0 Å². The second-order valence-electron chi connectivity index (χ2n) is 6.15. The monoisotopic (exact) mass is 392 g/mol. The van der Waals surface area contributed by atoms with Crippen molar-refractivity contribution >= 4 is 17.5 Å². The van der Waals surface area contributed by atoms with E-state index in [1.165, 1.54) is 4.68 Å². The van der Waals surface area contributed by atoms with Gasteiger partial charge in [0.25, 0.3) is 5.91 Å². The summed E-state index contributed by atoms with van der Waals surface area (Å²) < 4.78 is 3.33. The first-order valence-electron chi connectivity index (χ1n) is 8.70. The molecule has 4 rings (SSSR count). The van der Waals surface area contributed by atoms with Crippen molar-refractivity contribution in [2.24, 2.45) is 0 Å². The Kier molecular flexibility index (Phi) is 5.16. The van der Waals surface area contributed by atoms with Gasteiger partial charge in [0.15, 0.2) is 5.69 Å². The fourth-order valence-corrected chi connectivity index (χ4v) is 3.06. The third kappa shape index (κ3) is 3.94. The third-order valence-electron chi connectivity index (χ3n) is 4.27. The Morgan fingerprint density at radius 1 is 1.04 bits per heavy atom. The first kappa shape index (κ1) is 17.9. The number of halogens is 1. The predicted molar refractivity (Wildman–Crippen MR) is 105 cm³/mol. The fraction of sp³-hybridized carbons (Fsp3) is 0.100. The van der Waals surface area contributed by atoms with Gasteiger partial charge in [-0.3, -0.25) is 9.48 Å². The second kappa shape index (κ2) is 8.06. The van der Waals surface area contributed by atoms with E-state index in [4.69, 9.17) is 11.6 Å². The molecule has 0 aliphatic carbocycles. The minimum Gasteiger partial charge on any atom is -0.347 e. The lowest BCUT2D eigenvalue weighted by Gasteiger charge is -2.10. The topological polar surface area (TPSA) is 77.6 Å². The molecule has 0 saturated carbocycles. The number of benzene rings is 2. The molecule has 0 spiro atoms. The molecule has 0 unspecified atom stereocenters. The Bertz CT molecular complexity index is 1090. The molecular formula is C20H17ClN6O. The maximum atomic E-state index is 12.5. The van der Waals surface area contributed by atoms with Gasteiger partial charge in [-0.15, -0.1) is 5.10 Å². The van der Waals surface area contributed by atoms with E-state index in [1.54, 1.807) is 18.5 Å². The van der Waals surface area contributed by atoms with Gasteiger partial charge in [0, 0.05) is 18.9 Å². The molecule has 4 aromatic rings. The minimum absolute atomic E-state index is 0.226. The zero-order valence-electron chi connectivity index (χ0n) is 14.9. The second-order valence-corrected chi connectivity index (χ2v) is 6.56. The van der Waals surface area contributed by atoms with Crippen molar-refractivity contribution in [2.75, 3.05) is 0 Å². The molecule has 1 N–H and O–H groups in total. The van der Waals surface area contributed by atoms with Gasteiger partial charge in [0.2, 0.25) is 0 Å². The largest absolute Gasteiger partial charge is 0.347 e. The van der Waals surface area contributed by atoms with E-state index in [9.17, 15) is 4.79 Å². The normalized spacial score (nSPS) is 10.8. The van der Waals surface area contributed by atoms with Crippen LogP contribution in [0, 0.1) is 0 Å². The Morgan fingerprint density at radius 2 is 1.82 bits per heavy atom. The van der Waals surface area contributed by atoms with E-state index >= 15 is 0 Å². The molecular weight excluding hydrogens is 376 g/mol. The lowest BCUT2D eigenvalue weighted by Crippen LogP contribution is -2.24. The number of aromatic nitrogens is 5. The molecule has 0 fully saturated rings. The van der Waals surface area contributed by atoms with Crippen LogP contribution in [-0.4, -0.2) is 30.7 Å². The molecule has 0 aliphatic rings. The van der Waals surface area contributed by atoms with Crippen molar-refractivity contribution < 1.29 is 4.79 Å². The molecule has 7 nitrogen and oxygen atoms in total. The van der Waals surface area contributed by atoms with Crippen LogP contribution in [0.25, 0.3) is 5.69 Å². The number of hydrogen-bond donors (Lipinski definition) is 1. The standard InChI is InChI=1S/C20H17ClN6O/c21-17-8-3-4-9-19(17)27-14-18(24-25-27)20(28)22-12-15-6-1-2-7-16(15)13-26-11-5-10-23-26/h1-11,14H,12-13H2,(H,22,28). The molecule has 2 heterocycles. The molecule has 28 heavy (non-hydrogen) atoms. The summed E-state index contributed by atoms with van der Waals surface area (Å²) >= 11 is 6.17. The quantitative estimate of drug-likeness (QED) is 0.547. The number of nitrogens with one attached hydrogen (secondary N) is 1. The summed E-state index contributed by atoms with van der Waals surface area (Å²) in [6, 6.07) is 17.1. The van der Waals surface area contributed by atoms with Crippen molar-refractivity contribution in [1.82, 2.24) is 30.1 Å². The van der Waals surface area contributed by atoms with Gasteiger partial charge >= 0.3 is 0 Å². The summed E-state index contributed by atoms with van der Waals surface area (Å²) in [7, 11) is 0. The average Bonchev–Trinajstić information content (AvgIpc) is 3.40. The lowest BCUT2D eigenvalue weighted by atomic mass is 10.1. The average molecular weight is 393 g/mol. The Morgan fingerprint density at radius 3 is 2.61 bits per heavy atom. The number of rotatable bonds is 6. The van der Waals surface area contributed by atoms with E-state index in [2.05, 4.69) is 20.7 Å². The molecule has 0 saturated heterocycles. The van der Waals surface area contributed by atoms with Crippen molar-refractivity contribution in [3.63, 3.8) is 0 Å². The van der Waals surface area contributed by atoms with Gasteiger partial charge in [0.05, 0.1) is 23.5 Å². The summed E-state index contributed by atoms with van der Waals surface area (Å²) in [6.07, 6.45) is 5.21. The molecule has 2 aromatic carbocycles. The fourth-order valence-electron chi connectivity index (χ4n) is 2.84. The highest BCUT2D eigenvalue weighted by atomic mass is 35.5. The molecule has 8 heteroatoms. The number of amides is 1. The van der Waals surface area contributed by atoms with Gasteiger partial charge in [-0.25, -0.2) is 4.68 Å². The maximum absolute atomic E-state index is 12.5. The van der Waals surface area contributed by atoms with Crippen molar-refractivity contribution in [3.8, 4) is 5.69 Å². The van der Waals surface area contributed by atoms with Crippen LogP contribution < -0.4 is 5.32 Å². The Hall–Kier alpha value is -3.45. The maximum Gasteiger partial charge on any atom is 0.273 e. The van der Waals surface area contributed by atoms with E-state index in [1.807, 2.05) is 59.4 Å². The van der Waals surface area contributed by atoms with Crippen LogP contribution >= 0.6 is 11.6 Å². The van der Waals surface area contributed by atoms with Crippen LogP contribution in [0.4, 0.5) is 0 Å². The number of carbonyl (C=O) groups is 1. The predicted octanol–water partition coefficient (Wildman–Crippen LogP) is 3.10. The highest BCUT2D eigenvalue weighted by Crippen LogP contribution is 2.18. The highest BCUT2D eigenvalue weighted by Gasteiger charge is 2.13. The SMILES string of the molecule is O=C(NCc1ccccc1Cn1cccn1)c1cn(-c2ccccc2Cl)nn1. The van der Waals surface area contributed by atoms with Gasteiger partial charge in [0.1, 0.15) is 0 Å². The Labute approximate surface area is 166 Å². The first-order chi connectivity index (χ1) is 13.7. The summed E-state index contributed by atoms with van der Waals surface area (Å²) in [4.78, 5) is 12.5.